The topological polar surface area (TPSA) is 49.4 Å². The minimum absolute atomic E-state index is 0.423. The lowest BCUT2D eigenvalue weighted by Crippen LogP contribution is -2.42. The van der Waals surface area contributed by atoms with E-state index < -0.39 is 11.8 Å². The second kappa shape index (κ2) is 8.59. The summed E-state index contributed by atoms with van der Waals surface area (Å²) in [5.41, 5.74) is 1.03. The number of likely N-dealkylation sites (N-methyl/N-ethyl adjacent to an activating group) is 1. The minimum atomic E-state index is -0.550. The van der Waals surface area contributed by atoms with Gasteiger partial charge in [0.1, 0.15) is 0 Å². The van der Waals surface area contributed by atoms with Crippen LogP contribution in [0.25, 0.3) is 0 Å². The molecule has 0 aliphatic heterocycles. The van der Waals surface area contributed by atoms with Gasteiger partial charge >= 0.3 is 11.8 Å². The highest BCUT2D eigenvalue weighted by atomic mass is 35.5. The van der Waals surface area contributed by atoms with Gasteiger partial charge in [-0.15, -0.1) is 0 Å². The zero-order chi connectivity index (χ0) is 15.0. The number of carbonyl (C=O) groups excluding carboxylic acids is 2. The number of nitrogens with zero attached hydrogens (tertiary/aromatic N) is 1. The summed E-state index contributed by atoms with van der Waals surface area (Å²) in [6.45, 7) is 3.08. The normalized spacial score (nSPS) is 10.2. The minimum Gasteiger partial charge on any atom is -0.347 e. The molecule has 0 fully saturated rings. The lowest BCUT2D eigenvalue weighted by Gasteiger charge is -2.16. The fourth-order valence-electron chi connectivity index (χ4n) is 1.76. The summed E-state index contributed by atoms with van der Waals surface area (Å²) in [6.07, 6.45) is 2.55. The molecular weight excluding hydrogens is 276 g/mol. The fraction of sp³-hybridized carbons (Fsp3) is 0.467. The van der Waals surface area contributed by atoms with Crippen molar-refractivity contribution in [1.29, 1.82) is 0 Å². The third-order valence-electron chi connectivity index (χ3n) is 2.98. The maximum Gasteiger partial charge on any atom is 0.311 e. The highest BCUT2D eigenvalue weighted by molar-refractivity contribution is 6.34. The van der Waals surface area contributed by atoms with Gasteiger partial charge < -0.3 is 10.2 Å². The number of unbranched alkanes of at least 4 members (excludes halogenated alkanes) is 1. The Bertz CT molecular complexity index is 463. The number of benzene rings is 1. The largest absolute Gasteiger partial charge is 0.347 e. The van der Waals surface area contributed by atoms with Crippen molar-refractivity contribution in [2.75, 3.05) is 20.1 Å². The summed E-state index contributed by atoms with van der Waals surface area (Å²) in [4.78, 5) is 24.9. The molecule has 0 spiro atoms. The van der Waals surface area contributed by atoms with Crippen molar-refractivity contribution in [3.05, 3.63) is 34.9 Å². The van der Waals surface area contributed by atoms with Gasteiger partial charge in [0.2, 0.25) is 0 Å². The van der Waals surface area contributed by atoms with Crippen LogP contribution in [0.4, 0.5) is 0 Å². The van der Waals surface area contributed by atoms with E-state index in [-0.39, 0.29) is 0 Å². The van der Waals surface area contributed by atoms with E-state index in [0.29, 0.717) is 24.5 Å². The Balaban J connectivity index is 2.34. The van der Waals surface area contributed by atoms with Crippen molar-refractivity contribution in [1.82, 2.24) is 10.2 Å². The summed E-state index contributed by atoms with van der Waals surface area (Å²) in [5, 5.41) is 3.31. The molecule has 5 heteroatoms. The molecule has 0 aromatic heterocycles. The Kier molecular flexibility index (Phi) is 7.09. The van der Waals surface area contributed by atoms with Crippen LogP contribution in [0.5, 0.6) is 0 Å². The van der Waals surface area contributed by atoms with Gasteiger partial charge in [0, 0.05) is 25.2 Å². The number of hydrogen-bond acceptors (Lipinski definition) is 2. The highest BCUT2D eigenvalue weighted by Gasteiger charge is 2.17. The van der Waals surface area contributed by atoms with E-state index in [1.807, 2.05) is 25.1 Å². The van der Waals surface area contributed by atoms with Crippen molar-refractivity contribution in [3.63, 3.8) is 0 Å². The van der Waals surface area contributed by atoms with Crippen molar-refractivity contribution in [3.8, 4) is 0 Å². The zero-order valence-electron chi connectivity index (χ0n) is 12.0. The first-order valence-corrected chi connectivity index (χ1v) is 7.20. The summed E-state index contributed by atoms with van der Waals surface area (Å²) in [5.74, 6) is -1.03. The molecular formula is C15H21ClN2O2. The second-order valence-corrected chi connectivity index (χ2v) is 5.15. The molecule has 2 amide bonds. The molecule has 0 radical (unpaired) electrons. The van der Waals surface area contributed by atoms with Gasteiger partial charge in [-0.1, -0.05) is 37.1 Å². The molecule has 110 valence electrons. The Hall–Kier alpha value is -1.55. The maximum absolute atomic E-state index is 11.7. The fourth-order valence-corrected chi connectivity index (χ4v) is 1.97. The van der Waals surface area contributed by atoms with Crippen LogP contribution in [0.2, 0.25) is 5.02 Å². The highest BCUT2D eigenvalue weighted by Crippen LogP contribution is 2.10. The first-order valence-electron chi connectivity index (χ1n) is 6.82. The van der Waals surface area contributed by atoms with Gasteiger partial charge in [-0.25, -0.2) is 0 Å². The second-order valence-electron chi connectivity index (χ2n) is 4.72. The average molecular weight is 297 g/mol. The quantitative estimate of drug-likeness (QED) is 0.819. The van der Waals surface area contributed by atoms with Gasteiger partial charge in [-0.3, -0.25) is 9.59 Å². The van der Waals surface area contributed by atoms with Crippen LogP contribution in [-0.4, -0.2) is 36.9 Å². The van der Waals surface area contributed by atoms with Crippen molar-refractivity contribution < 1.29 is 9.59 Å². The molecule has 0 saturated heterocycles. The van der Waals surface area contributed by atoms with E-state index in [2.05, 4.69) is 5.32 Å². The first-order chi connectivity index (χ1) is 9.54. The predicted octanol–water partition coefficient (Wildman–Crippen LogP) is 2.26. The van der Waals surface area contributed by atoms with Gasteiger partial charge in [0.15, 0.2) is 0 Å². The van der Waals surface area contributed by atoms with Gasteiger partial charge in [-0.05, 0) is 30.5 Å². The SMILES string of the molecule is CCCCN(C)C(=O)C(=O)NCCc1cccc(Cl)c1. The third-order valence-corrected chi connectivity index (χ3v) is 3.21. The molecule has 0 atom stereocenters. The molecule has 0 aliphatic carbocycles. The van der Waals surface area contributed by atoms with Crippen molar-refractivity contribution in [2.24, 2.45) is 0 Å². The number of hydrogen-bond donors (Lipinski definition) is 1. The third kappa shape index (κ3) is 5.61. The molecule has 0 unspecified atom stereocenters. The smallest absolute Gasteiger partial charge is 0.311 e. The Labute approximate surface area is 125 Å². The molecule has 20 heavy (non-hydrogen) atoms. The van der Waals surface area contributed by atoms with E-state index in [1.54, 1.807) is 13.1 Å². The van der Waals surface area contributed by atoms with Crippen LogP contribution in [0.1, 0.15) is 25.3 Å². The van der Waals surface area contributed by atoms with E-state index in [1.165, 1.54) is 4.90 Å². The molecule has 0 aliphatic rings. The lowest BCUT2D eigenvalue weighted by atomic mass is 10.1. The Morgan fingerprint density at radius 3 is 2.75 bits per heavy atom. The number of nitrogens with one attached hydrogen (secondary N) is 1. The molecule has 1 N–H and O–H groups in total. The summed E-state index contributed by atoms with van der Waals surface area (Å²) >= 11 is 5.88. The van der Waals surface area contributed by atoms with E-state index in [0.717, 1.165) is 18.4 Å². The van der Waals surface area contributed by atoms with Gasteiger partial charge in [0.25, 0.3) is 0 Å². The molecule has 0 heterocycles. The van der Waals surface area contributed by atoms with E-state index >= 15 is 0 Å². The molecule has 1 aromatic rings. The average Bonchev–Trinajstić information content (AvgIpc) is 2.43. The maximum atomic E-state index is 11.7. The summed E-state index contributed by atoms with van der Waals surface area (Å²) < 4.78 is 0. The van der Waals surface area contributed by atoms with Crippen LogP contribution in [0.3, 0.4) is 0 Å². The van der Waals surface area contributed by atoms with Crippen LogP contribution < -0.4 is 5.32 Å². The number of halogens is 1. The standard InChI is InChI=1S/C15H21ClN2O2/c1-3-4-10-18(2)15(20)14(19)17-9-8-12-6-5-7-13(16)11-12/h5-7,11H,3-4,8-10H2,1-2H3,(H,17,19). The first kappa shape index (κ1) is 16.5. The van der Waals surface area contributed by atoms with E-state index in [4.69, 9.17) is 11.6 Å². The number of amides is 2. The molecule has 1 rings (SSSR count). The zero-order valence-corrected chi connectivity index (χ0v) is 12.7. The Morgan fingerprint density at radius 2 is 2.10 bits per heavy atom. The van der Waals surface area contributed by atoms with Crippen molar-refractivity contribution in [2.45, 2.75) is 26.2 Å². The molecule has 0 bridgehead atoms. The van der Waals surface area contributed by atoms with Gasteiger partial charge in [-0.2, -0.15) is 0 Å². The lowest BCUT2D eigenvalue weighted by molar-refractivity contribution is -0.145. The molecule has 0 saturated carbocycles. The molecule has 1 aromatic carbocycles. The Morgan fingerprint density at radius 1 is 1.35 bits per heavy atom. The van der Waals surface area contributed by atoms with Crippen LogP contribution in [-0.2, 0) is 16.0 Å². The van der Waals surface area contributed by atoms with E-state index in [9.17, 15) is 9.59 Å². The number of rotatable bonds is 6. The van der Waals surface area contributed by atoms with Crippen LogP contribution in [0.15, 0.2) is 24.3 Å². The monoisotopic (exact) mass is 296 g/mol. The van der Waals surface area contributed by atoms with Crippen molar-refractivity contribution >= 4 is 23.4 Å². The predicted molar refractivity (Wildman–Crippen MR) is 80.7 cm³/mol. The molecule has 4 nitrogen and oxygen atoms in total. The van der Waals surface area contributed by atoms with Gasteiger partial charge in [0.05, 0.1) is 0 Å². The van der Waals surface area contributed by atoms with Crippen LogP contribution >= 0.6 is 11.6 Å². The summed E-state index contributed by atoms with van der Waals surface area (Å²) in [6, 6.07) is 7.45. The van der Waals surface area contributed by atoms with Crippen LogP contribution in [0, 0.1) is 0 Å². The summed E-state index contributed by atoms with van der Waals surface area (Å²) in [7, 11) is 1.65. The number of carbonyl (C=O) groups is 2.